The first-order valence-electron chi connectivity index (χ1n) is 14.1. The zero-order valence-corrected chi connectivity index (χ0v) is 22.2. The lowest BCUT2D eigenvalue weighted by molar-refractivity contribution is -0.147. The fourth-order valence-corrected chi connectivity index (χ4v) is 7.79. The first-order valence-corrected chi connectivity index (χ1v) is 14.1. The van der Waals surface area contributed by atoms with Crippen molar-refractivity contribution in [2.75, 3.05) is 51.5 Å². The van der Waals surface area contributed by atoms with Crippen LogP contribution in [0.5, 0.6) is 0 Å². The number of carbonyl (C=O) groups is 1. The number of anilines is 1. The number of halogens is 4. The molecule has 39 heavy (non-hydrogen) atoms. The normalized spacial score (nSPS) is 36.7. The van der Waals surface area contributed by atoms with Gasteiger partial charge in [0.15, 0.2) is 0 Å². The van der Waals surface area contributed by atoms with E-state index in [2.05, 4.69) is 5.32 Å². The van der Waals surface area contributed by atoms with Crippen molar-refractivity contribution >= 4 is 11.6 Å². The van der Waals surface area contributed by atoms with E-state index in [4.69, 9.17) is 14.2 Å². The highest BCUT2D eigenvalue weighted by molar-refractivity contribution is 5.85. The van der Waals surface area contributed by atoms with E-state index in [1.165, 1.54) is 0 Å². The van der Waals surface area contributed by atoms with Crippen LogP contribution >= 0.6 is 0 Å². The lowest BCUT2D eigenvalue weighted by Crippen LogP contribution is -2.55. The van der Waals surface area contributed by atoms with E-state index in [1.807, 2.05) is 9.80 Å². The number of hydrogen-bond acceptors (Lipinski definition) is 6. The molecule has 4 heterocycles. The summed E-state index contributed by atoms with van der Waals surface area (Å²) in [7, 11) is 1.70. The number of fused-ring (bicyclic) bond motifs is 2. The fraction of sp³-hybridized carbons (Fsp3) is 0.750. The molecule has 1 saturated carbocycles. The van der Waals surface area contributed by atoms with Crippen LogP contribution in [0.2, 0.25) is 0 Å². The van der Waals surface area contributed by atoms with E-state index in [1.54, 1.807) is 7.11 Å². The third-order valence-electron chi connectivity index (χ3n) is 9.79. The predicted octanol–water partition coefficient (Wildman–Crippen LogP) is 3.60. The van der Waals surface area contributed by atoms with Crippen molar-refractivity contribution in [2.24, 2.45) is 11.3 Å². The standard InChI is InChI=1S/C28H37F4N3O4/c1-37-25-16-39-7-4-24(25)33-20-2-5-27(12-20,17-3-6-38-15-17)26(36)35-14-22-11-23(35)13-34(22)21-9-18(28(30,31)32)8-19(29)10-21/h8-10,17,20,22-25,33H,2-7,11-16H2,1H3/t17?,20-,22-,23-,24+,25-,27+/m1/s1. The Bertz CT molecular complexity index is 1070. The largest absolute Gasteiger partial charge is 0.416 e. The summed E-state index contributed by atoms with van der Waals surface area (Å²) in [6.07, 6.45) is 0.194. The first-order chi connectivity index (χ1) is 18.7. The second-order valence-corrected chi connectivity index (χ2v) is 11.9. The number of hydrogen-bond donors (Lipinski definition) is 1. The van der Waals surface area contributed by atoms with Gasteiger partial charge in [-0.05, 0) is 62.6 Å². The summed E-state index contributed by atoms with van der Waals surface area (Å²) in [5.41, 5.74) is -1.27. The molecule has 6 rings (SSSR count). The van der Waals surface area contributed by atoms with E-state index in [-0.39, 0.29) is 47.8 Å². The molecule has 1 aromatic rings. The quantitative estimate of drug-likeness (QED) is 0.542. The van der Waals surface area contributed by atoms with Crippen LogP contribution in [0.1, 0.15) is 44.1 Å². The molecule has 4 aliphatic heterocycles. The van der Waals surface area contributed by atoms with Gasteiger partial charge in [0, 0.05) is 57.2 Å². The van der Waals surface area contributed by atoms with Gasteiger partial charge in [0.1, 0.15) is 5.82 Å². The lowest BCUT2D eigenvalue weighted by Gasteiger charge is -2.42. The minimum Gasteiger partial charge on any atom is -0.381 e. The molecule has 1 amide bonds. The Labute approximate surface area is 226 Å². The Balaban J connectivity index is 1.17. The SMILES string of the molecule is CO[C@@H]1COCC[C@@H]1N[C@@H]1CC[C@@](C(=O)N2C[C@H]3C[C@@H]2CN3c2cc(F)cc(C(F)(F)F)c2)(C2CCOC2)C1. The van der Waals surface area contributed by atoms with Crippen LogP contribution in [0, 0.1) is 17.2 Å². The highest BCUT2D eigenvalue weighted by Gasteiger charge is 2.57. The average Bonchev–Trinajstić information content (AvgIpc) is 3.72. The summed E-state index contributed by atoms with van der Waals surface area (Å²) in [5.74, 6) is -0.599. The maximum absolute atomic E-state index is 14.4. The van der Waals surface area contributed by atoms with Gasteiger partial charge in [0.05, 0.1) is 36.3 Å². The van der Waals surface area contributed by atoms with Gasteiger partial charge in [-0.3, -0.25) is 4.79 Å². The van der Waals surface area contributed by atoms with Crippen molar-refractivity contribution in [2.45, 2.75) is 75.0 Å². The van der Waals surface area contributed by atoms with E-state index in [0.717, 1.165) is 44.2 Å². The number of amides is 1. The highest BCUT2D eigenvalue weighted by atomic mass is 19.4. The van der Waals surface area contributed by atoms with Crippen LogP contribution < -0.4 is 10.2 Å². The highest BCUT2D eigenvalue weighted by Crippen LogP contribution is 2.51. The molecule has 0 aromatic heterocycles. The molecule has 7 atom stereocenters. The fourth-order valence-electron chi connectivity index (χ4n) is 7.79. The molecule has 0 radical (unpaired) electrons. The maximum atomic E-state index is 14.4. The number of alkyl halides is 3. The molecule has 5 fully saturated rings. The Morgan fingerprint density at radius 2 is 1.87 bits per heavy atom. The van der Waals surface area contributed by atoms with Crippen molar-refractivity contribution < 1.29 is 36.6 Å². The first kappa shape index (κ1) is 27.2. The summed E-state index contributed by atoms with van der Waals surface area (Å²) < 4.78 is 71.0. The number of benzene rings is 1. The van der Waals surface area contributed by atoms with Crippen molar-refractivity contribution in [3.63, 3.8) is 0 Å². The van der Waals surface area contributed by atoms with Crippen LogP contribution in [0.25, 0.3) is 0 Å². The summed E-state index contributed by atoms with van der Waals surface area (Å²) >= 11 is 0. The second kappa shape index (κ2) is 10.5. The summed E-state index contributed by atoms with van der Waals surface area (Å²) in [5, 5.41) is 3.78. The van der Waals surface area contributed by atoms with Gasteiger partial charge in [-0.2, -0.15) is 13.2 Å². The number of likely N-dealkylation sites (tertiary alicyclic amines) is 1. The van der Waals surface area contributed by atoms with Crippen molar-refractivity contribution in [3.05, 3.63) is 29.6 Å². The van der Waals surface area contributed by atoms with Crippen LogP contribution in [0.15, 0.2) is 18.2 Å². The maximum Gasteiger partial charge on any atom is 0.416 e. The van der Waals surface area contributed by atoms with E-state index >= 15 is 0 Å². The molecule has 1 N–H and O–H groups in total. The molecule has 4 saturated heterocycles. The summed E-state index contributed by atoms with van der Waals surface area (Å²) in [6, 6.07) is 2.86. The molecule has 0 spiro atoms. The van der Waals surface area contributed by atoms with Crippen LogP contribution in [-0.4, -0.2) is 87.7 Å². The van der Waals surface area contributed by atoms with Gasteiger partial charge >= 0.3 is 6.18 Å². The molecular weight excluding hydrogens is 518 g/mol. The smallest absolute Gasteiger partial charge is 0.381 e. The molecule has 11 heteroatoms. The van der Waals surface area contributed by atoms with Crippen LogP contribution in [0.3, 0.4) is 0 Å². The lowest BCUT2D eigenvalue weighted by atomic mass is 9.71. The summed E-state index contributed by atoms with van der Waals surface area (Å²) in [6.45, 7) is 3.34. The minimum atomic E-state index is -4.62. The Hall–Kier alpha value is -1.95. The van der Waals surface area contributed by atoms with Gasteiger partial charge in [-0.1, -0.05) is 0 Å². The molecule has 1 aliphatic carbocycles. The van der Waals surface area contributed by atoms with Gasteiger partial charge in [-0.25, -0.2) is 4.39 Å². The van der Waals surface area contributed by atoms with E-state index < -0.39 is 23.0 Å². The minimum absolute atomic E-state index is 0.0137. The molecule has 2 bridgehead atoms. The number of carbonyl (C=O) groups excluding carboxylic acids is 1. The Kier molecular flexibility index (Phi) is 7.31. The van der Waals surface area contributed by atoms with E-state index in [0.29, 0.717) is 52.0 Å². The van der Waals surface area contributed by atoms with Gasteiger partial charge in [0.25, 0.3) is 0 Å². The summed E-state index contributed by atoms with van der Waals surface area (Å²) in [4.78, 5) is 18.2. The number of methoxy groups -OCH3 is 1. The topological polar surface area (TPSA) is 63.3 Å². The van der Waals surface area contributed by atoms with Gasteiger partial charge in [0.2, 0.25) is 5.91 Å². The Morgan fingerprint density at radius 3 is 2.56 bits per heavy atom. The van der Waals surface area contributed by atoms with Crippen LogP contribution in [0.4, 0.5) is 23.2 Å². The molecule has 5 aliphatic rings. The number of ether oxygens (including phenoxy) is 3. The molecule has 7 nitrogen and oxygen atoms in total. The molecular formula is C28H37F4N3O4. The zero-order valence-electron chi connectivity index (χ0n) is 22.2. The molecule has 1 aromatic carbocycles. The average molecular weight is 556 g/mol. The third kappa shape index (κ3) is 5.04. The van der Waals surface area contributed by atoms with Gasteiger partial charge < -0.3 is 29.3 Å². The zero-order chi connectivity index (χ0) is 27.4. The van der Waals surface area contributed by atoms with Crippen molar-refractivity contribution in [3.8, 4) is 0 Å². The number of nitrogens with one attached hydrogen (secondary N) is 1. The third-order valence-corrected chi connectivity index (χ3v) is 9.79. The number of piperazine rings is 1. The van der Waals surface area contributed by atoms with Gasteiger partial charge in [-0.15, -0.1) is 0 Å². The Morgan fingerprint density at radius 1 is 1.08 bits per heavy atom. The predicted molar refractivity (Wildman–Crippen MR) is 135 cm³/mol. The number of nitrogens with zero attached hydrogens (tertiary/aromatic N) is 2. The van der Waals surface area contributed by atoms with Crippen molar-refractivity contribution in [1.29, 1.82) is 0 Å². The van der Waals surface area contributed by atoms with Crippen molar-refractivity contribution in [1.82, 2.24) is 10.2 Å². The molecule has 216 valence electrons. The second-order valence-electron chi connectivity index (χ2n) is 11.9. The molecule has 1 unspecified atom stereocenters. The van der Waals surface area contributed by atoms with E-state index in [9.17, 15) is 22.4 Å². The monoisotopic (exact) mass is 555 g/mol. The van der Waals surface area contributed by atoms with Crippen LogP contribution in [-0.2, 0) is 25.2 Å². The number of rotatable bonds is 6.